The molecule has 2 heterocycles. The maximum absolute atomic E-state index is 10.5. The highest BCUT2D eigenvalue weighted by Gasteiger charge is 2.41. The minimum absolute atomic E-state index is 0.0220. The lowest BCUT2D eigenvalue weighted by Crippen LogP contribution is -2.48. The lowest BCUT2D eigenvalue weighted by molar-refractivity contribution is -0.126. The molecule has 4 rings (SSSR count). The number of rotatable bonds is 0. The summed E-state index contributed by atoms with van der Waals surface area (Å²) in [6, 6.07) is 9.44. The summed E-state index contributed by atoms with van der Waals surface area (Å²) in [5.74, 6) is 0.292. The molecule has 1 aliphatic carbocycles. The van der Waals surface area contributed by atoms with Crippen LogP contribution in [0.1, 0.15) is 44.9 Å². The van der Waals surface area contributed by atoms with Gasteiger partial charge in [-0.25, -0.2) is 0 Å². The van der Waals surface area contributed by atoms with Crippen molar-refractivity contribution in [3.05, 3.63) is 35.4 Å². The van der Waals surface area contributed by atoms with E-state index in [0.29, 0.717) is 5.91 Å². The standard InChI is InChI=1S/C9H17NO.C6H5Cl.C5H9NO/c11-8-3-6-10-7-9(8)4-1-2-5-9;7-6-4-2-1-3-5-6;1-6-4-2-3-5(6)7/h8,10-11H,1-7H2;1-5H;2-4H2,1H3. The zero-order valence-electron chi connectivity index (χ0n) is 15.2. The monoisotopic (exact) mass is 366 g/mol. The van der Waals surface area contributed by atoms with Crippen molar-refractivity contribution in [3.63, 3.8) is 0 Å². The molecule has 3 fully saturated rings. The summed E-state index contributed by atoms with van der Waals surface area (Å²) >= 11 is 5.54. The van der Waals surface area contributed by atoms with Crippen molar-refractivity contribution in [1.29, 1.82) is 0 Å². The Kier molecular flexibility index (Phi) is 8.20. The number of halogens is 1. The van der Waals surface area contributed by atoms with E-state index >= 15 is 0 Å². The Hall–Kier alpha value is -1.10. The van der Waals surface area contributed by atoms with Crippen molar-refractivity contribution in [3.8, 4) is 0 Å². The van der Waals surface area contributed by atoms with Gasteiger partial charge < -0.3 is 15.3 Å². The van der Waals surface area contributed by atoms with Gasteiger partial charge in [-0.1, -0.05) is 42.6 Å². The predicted molar refractivity (Wildman–Crippen MR) is 103 cm³/mol. The van der Waals surface area contributed by atoms with Crippen LogP contribution in [0.2, 0.25) is 5.02 Å². The third kappa shape index (κ3) is 6.28. The second kappa shape index (κ2) is 10.1. The molecule has 0 radical (unpaired) electrons. The second-order valence-electron chi connectivity index (χ2n) is 7.27. The molecule has 1 spiro atoms. The van der Waals surface area contributed by atoms with Crippen molar-refractivity contribution in [1.82, 2.24) is 10.2 Å². The van der Waals surface area contributed by atoms with E-state index in [0.717, 1.165) is 43.9 Å². The van der Waals surface area contributed by atoms with Gasteiger partial charge in [0.05, 0.1) is 6.10 Å². The number of carbonyl (C=O) groups is 1. The molecule has 1 saturated carbocycles. The zero-order valence-corrected chi connectivity index (χ0v) is 16.0. The molecule has 1 aromatic rings. The molecule has 1 aromatic carbocycles. The fourth-order valence-electron chi connectivity index (χ4n) is 3.79. The van der Waals surface area contributed by atoms with Crippen LogP contribution in [0.25, 0.3) is 0 Å². The minimum Gasteiger partial charge on any atom is -0.392 e. The van der Waals surface area contributed by atoms with Crippen LogP contribution >= 0.6 is 11.6 Å². The molecule has 1 unspecified atom stereocenters. The Labute approximate surface area is 156 Å². The minimum atomic E-state index is -0.0220. The second-order valence-corrected chi connectivity index (χ2v) is 7.70. The lowest BCUT2D eigenvalue weighted by Gasteiger charge is -2.38. The average Bonchev–Trinajstić information content (AvgIpc) is 3.23. The number of hydrogen-bond acceptors (Lipinski definition) is 3. The number of likely N-dealkylation sites (tertiary alicyclic amines) is 1. The Morgan fingerprint density at radius 1 is 1.20 bits per heavy atom. The normalized spacial score (nSPS) is 24.4. The van der Waals surface area contributed by atoms with Crippen LogP contribution in [0.4, 0.5) is 0 Å². The van der Waals surface area contributed by atoms with Crippen LogP contribution in [-0.2, 0) is 4.79 Å². The molecular formula is C20H31ClN2O2. The molecule has 2 aliphatic heterocycles. The number of aliphatic hydroxyl groups is 1. The Morgan fingerprint density at radius 3 is 2.28 bits per heavy atom. The highest BCUT2D eigenvalue weighted by Crippen LogP contribution is 2.42. The molecule has 2 saturated heterocycles. The van der Waals surface area contributed by atoms with E-state index < -0.39 is 0 Å². The van der Waals surface area contributed by atoms with E-state index in [4.69, 9.17) is 11.6 Å². The van der Waals surface area contributed by atoms with Gasteiger partial charge in [-0.3, -0.25) is 4.79 Å². The van der Waals surface area contributed by atoms with Crippen molar-refractivity contribution in [2.45, 2.75) is 51.0 Å². The van der Waals surface area contributed by atoms with Crippen LogP contribution in [-0.4, -0.2) is 48.7 Å². The summed E-state index contributed by atoms with van der Waals surface area (Å²) in [6.07, 6.45) is 7.86. The fraction of sp³-hybridized carbons (Fsp3) is 0.650. The van der Waals surface area contributed by atoms with Crippen molar-refractivity contribution < 1.29 is 9.90 Å². The van der Waals surface area contributed by atoms with Gasteiger partial charge in [0.15, 0.2) is 0 Å². The molecule has 1 atom stereocenters. The van der Waals surface area contributed by atoms with Gasteiger partial charge in [-0.2, -0.15) is 0 Å². The zero-order chi connectivity index (χ0) is 18.1. The number of piperidine rings is 1. The van der Waals surface area contributed by atoms with Crippen LogP contribution in [0.15, 0.2) is 30.3 Å². The highest BCUT2D eigenvalue weighted by molar-refractivity contribution is 6.30. The molecule has 140 valence electrons. The first-order valence-electron chi connectivity index (χ1n) is 9.37. The maximum Gasteiger partial charge on any atom is 0.222 e. The third-order valence-electron chi connectivity index (χ3n) is 5.42. The number of amides is 1. The summed E-state index contributed by atoms with van der Waals surface area (Å²) in [5, 5.41) is 14.0. The largest absolute Gasteiger partial charge is 0.392 e. The van der Waals surface area contributed by atoms with E-state index in [1.807, 2.05) is 37.4 Å². The number of benzene rings is 1. The van der Waals surface area contributed by atoms with E-state index in [2.05, 4.69) is 5.32 Å². The number of nitrogens with zero attached hydrogens (tertiary/aromatic N) is 1. The Morgan fingerprint density at radius 2 is 1.88 bits per heavy atom. The fourth-order valence-corrected chi connectivity index (χ4v) is 3.93. The van der Waals surface area contributed by atoms with E-state index in [1.165, 1.54) is 25.7 Å². The highest BCUT2D eigenvalue weighted by atomic mass is 35.5. The average molecular weight is 367 g/mol. The van der Waals surface area contributed by atoms with Crippen LogP contribution < -0.4 is 5.32 Å². The van der Waals surface area contributed by atoms with Crippen LogP contribution in [0, 0.1) is 5.41 Å². The first kappa shape index (κ1) is 20.2. The summed E-state index contributed by atoms with van der Waals surface area (Å²) in [5.41, 5.74) is 0.276. The maximum atomic E-state index is 10.5. The first-order valence-corrected chi connectivity index (χ1v) is 9.75. The molecule has 3 aliphatic rings. The Balaban J connectivity index is 0.000000142. The molecule has 0 aromatic heterocycles. The summed E-state index contributed by atoms with van der Waals surface area (Å²) in [7, 11) is 1.84. The van der Waals surface area contributed by atoms with Crippen LogP contribution in [0.3, 0.4) is 0 Å². The molecular weight excluding hydrogens is 336 g/mol. The first-order chi connectivity index (χ1) is 12.0. The van der Waals surface area contributed by atoms with E-state index in [1.54, 1.807) is 4.90 Å². The van der Waals surface area contributed by atoms with Gasteiger partial charge in [0.2, 0.25) is 5.91 Å². The summed E-state index contributed by atoms with van der Waals surface area (Å²) in [4.78, 5) is 12.3. The summed E-state index contributed by atoms with van der Waals surface area (Å²) in [6.45, 7) is 3.01. The van der Waals surface area contributed by atoms with E-state index in [9.17, 15) is 9.90 Å². The van der Waals surface area contributed by atoms with Gasteiger partial charge in [0, 0.05) is 37.0 Å². The number of aliphatic hydroxyl groups excluding tert-OH is 1. The van der Waals surface area contributed by atoms with Crippen molar-refractivity contribution in [2.24, 2.45) is 5.41 Å². The van der Waals surface area contributed by atoms with Crippen molar-refractivity contribution in [2.75, 3.05) is 26.7 Å². The van der Waals surface area contributed by atoms with Gasteiger partial charge >= 0.3 is 0 Å². The third-order valence-corrected chi connectivity index (χ3v) is 5.67. The molecule has 1 amide bonds. The van der Waals surface area contributed by atoms with Gasteiger partial charge in [-0.15, -0.1) is 0 Å². The topological polar surface area (TPSA) is 52.6 Å². The quantitative estimate of drug-likeness (QED) is 0.739. The molecule has 2 N–H and O–H groups in total. The van der Waals surface area contributed by atoms with Gasteiger partial charge in [0.1, 0.15) is 0 Å². The van der Waals surface area contributed by atoms with Gasteiger partial charge in [0.25, 0.3) is 0 Å². The smallest absolute Gasteiger partial charge is 0.222 e. The van der Waals surface area contributed by atoms with Gasteiger partial charge in [-0.05, 0) is 44.4 Å². The molecule has 5 heteroatoms. The molecule has 25 heavy (non-hydrogen) atoms. The van der Waals surface area contributed by atoms with E-state index in [-0.39, 0.29) is 11.5 Å². The number of nitrogens with one attached hydrogen (secondary N) is 1. The van der Waals surface area contributed by atoms with Crippen molar-refractivity contribution >= 4 is 17.5 Å². The number of carbonyl (C=O) groups excluding carboxylic acids is 1. The summed E-state index contributed by atoms with van der Waals surface area (Å²) < 4.78 is 0. The SMILES string of the molecule is CN1CCCC1=O.Clc1ccccc1.OC1CCNCC12CCCC2. The molecule has 0 bridgehead atoms. The Bertz CT molecular complexity index is 518. The molecule has 4 nitrogen and oxygen atoms in total. The lowest BCUT2D eigenvalue weighted by atomic mass is 9.77. The van der Waals surface area contributed by atoms with Crippen LogP contribution in [0.5, 0.6) is 0 Å². The number of hydrogen-bond donors (Lipinski definition) is 2. The predicted octanol–water partition coefficient (Wildman–Crippen LogP) is 3.48.